The van der Waals surface area contributed by atoms with E-state index in [0.29, 0.717) is 0 Å². The van der Waals surface area contributed by atoms with Gasteiger partial charge >= 0.3 is 0 Å². The molecule has 0 amide bonds. The fourth-order valence-corrected chi connectivity index (χ4v) is 2.93. The molecule has 2 fully saturated rings. The van der Waals surface area contributed by atoms with Crippen LogP contribution in [0.3, 0.4) is 0 Å². The van der Waals surface area contributed by atoms with Crippen LogP contribution in [-0.2, 0) is 4.74 Å². The predicted octanol–water partition coefficient (Wildman–Crippen LogP) is 0.683. The van der Waals surface area contributed by atoms with E-state index in [1.807, 2.05) is 6.20 Å². The molecule has 0 aliphatic carbocycles. The van der Waals surface area contributed by atoms with E-state index in [2.05, 4.69) is 20.2 Å². The van der Waals surface area contributed by atoms with Crippen molar-refractivity contribution in [3.63, 3.8) is 0 Å². The first-order valence-corrected chi connectivity index (χ1v) is 6.67. The molecule has 0 radical (unpaired) electrons. The molecule has 2 aliphatic rings. The minimum atomic E-state index is 0.242. The minimum absolute atomic E-state index is 0.242. The molecule has 5 heteroatoms. The van der Waals surface area contributed by atoms with Crippen LogP contribution in [0.15, 0.2) is 18.6 Å². The van der Waals surface area contributed by atoms with Crippen LogP contribution >= 0.6 is 0 Å². The van der Waals surface area contributed by atoms with Gasteiger partial charge in [0, 0.05) is 37.4 Å². The van der Waals surface area contributed by atoms with Crippen molar-refractivity contribution in [2.45, 2.75) is 12.8 Å². The fourth-order valence-electron chi connectivity index (χ4n) is 2.93. The van der Waals surface area contributed by atoms with E-state index in [0.717, 1.165) is 45.2 Å². The highest BCUT2D eigenvalue weighted by Gasteiger charge is 2.36. The molecule has 98 valence electrons. The van der Waals surface area contributed by atoms with Gasteiger partial charge in [-0.05, 0) is 19.4 Å². The summed E-state index contributed by atoms with van der Waals surface area (Å²) < 4.78 is 5.81. The molecule has 1 aromatic rings. The second-order valence-corrected chi connectivity index (χ2v) is 5.32. The third-order valence-electron chi connectivity index (χ3n) is 3.87. The number of nitrogens with zero attached hydrogens (tertiary/aromatic N) is 3. The summed E-state index contributed by atoms with van der Waals surface area (Å²) in [7, 11) is 0. The van der Waals surface area contributed by atoms with E-state index < -0.39 is 0 Å². The normalized spacial score (nSPS) is 29.2. The first kappa shape index (κ1) is 11.9. The zero-order chi connectivity index (χ0) is 12.3. The van der Waals surface area contributed by atoms with E-state index in [1.165, 1.54) is 12.8 Å². The highest BCUT2D eigenvalue weighted by molar-refractivity contribution is 5.36. The number of anilines is 1. The zero-order valence-electron chi connectivity index (χ0n) is 10.6. The summed E-state index contributed by atoms with van der Waals surface area (Å²) in [5.74, 6) is 0.966. The molecule has 3 rings (SSSR count). The zero-order valence-corrected chi connectivity index (χ0v) is 10.6. The summed E-state index contributed by atoms with van der Waals surface area (Å²) >= 11 is 0. The van der Waals surface area contributed by atoms with E-state index in [1.54, 1.807) is 12.4 Å². The molecule has 0 unspecified atom stereocenters. The maximum Gasteiger partial charge on any atom is 0.147 e. The van der Waals surface area contributed by atoms with Gasteiger partial charge in [0.25, 0.3) is 0 Å². The summed E-state index contributed by atoms with van der Waals surface area (Å²) in [5, 5.41) is 3.50. The standard InChI is InChI=1S/C13H20N4O/c1-2-13(9-15-3-1)10-17(6-7-18-11-13)12-8-14-4-5-16-12/h4-5,8,15H,1-3,6-7,9-11H2/t13-/m0/s1. The topological polar surface area (TPSA) is 50.3 Å². The van der Waals surface area contributed by atoms with Gasteiger partial charge in [-0.3, -0.25) is 4.98 Å². The minimum Gasteiger partial charge on any atom is -0.379 e. The molecule has 0 bridgehead atoms. The van der Waals surface area contributed by atoms with Crippen LogP contribution in [0.1, 0.15) is 12.8 Å². The quantitative estimate of drug-likeness (QED) is 0.792. The number of rotatable bonds is 1. The Hall–Kier alpha value is -1.20. The lowest BCUT2D eigenvalue weighted by molar-refractivity contribution is 0.0536. The molecule has 18 heavy (non-hydrogen) atoms. The Balaban J connectivity index is 1.78. The van der Waals surface area contributed by atoms with Crippen LogP contribution in [0.5, 0.6) is 0 Å². The van der Waals surface area contributed by atoms with Gasteiger partial charge in [0.1, 0.15) is 5.82 Å². The van der Waals surface area contributed by atoms with Crippen LogP contribution in [0.25, 0.3) is 0 Å². The number of nitrogens with one attached hydrogen (secondary N) is 1. The molecule has 1 N–H and O–H groups in total. The molecule has 1 spiro atoms. The van der Waals surface area contributed by atoms with Crippen LogP contribution in [0.2, 0.25) is 0 Å². The predicted molar refractivity (Wildman–Crippen MR) is 69.6 cm³/mol. The maximum atomic E-state index is 5.81. The van der Waals surface area contributed by atoms with Gasteiger partial charge in [0.15, 0.2) is 0 Å². The van der Waals surface area contributed by atoms with Gasteiger partial charge in [-0.25, -0.2) is 4.98 Å². The Morgan fingerprint density at radius 1 is 1.39 bits per heavy atom. The molecule has 1 aromatic heterocycles. The Bertz CT molecular complexity index is 378. The van der Waals surface area contributed by atoms with Crippen LogP contribution in [-0.4, -0.2) is 49.4 Å². The van der Waals surface area contributed by atoms with Gasteiger partial charge in [0.05, 0.1) is 19.4 Å². The van der Waals surface area contributed by atoms with Crippen molar-refractivity contribution < 1.29 is 4.74 Å². The lowest BCUT2D eigenvalue weighted by Gasteiger charge is -2.39. The summed E-state index contributed by atoms with van der Waals surface area (Å²) in [6.45, 7) is 5.73. The number of hydrogen-bond donors (Lipinski definition) is 1. The van der Waals surface area contributed by atoms with E-state index in [-0.39, 0.29) is 5.41 Å². The lowest BCUT2D eigenvalue weighted by atomic mass is 9.81. The number of piperidine rings is 1. The molecule has 5 nitrogen and oxygen atoms in total. The van der Waals surface area contributed by atoms with Crippen LogP contribution in [0, 0.1) is 5.41 Å². The van der Waals surface area contributed by atoms with Crippen molar-refractivity contribution in [3.05, 3.63) is 18.6 Å². The lowest BCUT2D eigenvalue weighted by Crippen LogP contribution is -2.49. The van der Waals surface area contributed by atoms with E-state index in [4.69, 9.17) is 4.74 Å². The van der Waals surface area contributed by atoms with Crippen molar-refractivity contribution >= 4 is 5.82 Å². The largest absolute Gasteiger partial charge is 0.379 e. The third-order valence-corrected chi connectivity index (χ3v) is 3.87. The molecule has 2 aliphatic heterocycles. The van der Waals surface area contributed by atoms with E-state index in [9.17, 15) is 0 Å². The Morgan fingerprint density at radius 2 is 2.39 bits per heavy atom. The fraction of sp³-hybridized carbons (Fsp3) is 0.692. The van der Waals surface area contributed by atoms with Gasteiger partial charge < -0.3 is 15.0 Å². The average molecular weight is 248 g/mol. The monoisotopic (exact) mass is 248 g/mol. The average Bonchev–Trinajstić information content (AvgIpc) is 2.64. The van der Waals surface area contributed by atoms with E-state index >= 15 is 0 Å². The Morgan fingerprint density at radius 3 is 3.17 bits per heavy atom. The first-order chi connectivity index (χ1) is 8.88. The molecular formula is C13H20N4O. The van der Waals surface area contributed by atoms with Gasteiger partial charge in [-0.1, -0.05) is 0 Å². The number of hydrogen-bond acceptors (Lipinski definition) is 5. The molecule has 1 atom stereocenters. The van der Waals surface area contributed by atoms with Crippen LogP contribution < -0.4 is 10.2 Å². The molecular weight excluding hydrogens is 228 g/mol. The highest BCUT2D eigenvalue weighted by Crippen LogP contribution is 2.30. The van der Waals surface area contributed by atoms with Crippen LogP contribution in [0.4, 0.5) is 5.82 Å². The number of ether oxygens (including phenoxy) is 1. The molecule has 2 saturated heterocycles. The van der Waals surface area contributed by atoms with Crippen molar-refractivity contribution in [1.82, 2.24) is 15.3 Å². The Kier molecular flexibility index (Phi) is 3.43. The van der Waals surface area contributed by atoms with Crippen molar-refractivity contribution in [2.75, 3.05) is 44.3 Å². The Labute approximate surface area is 108 Å². The van der Waals surface area contributed by atoms with Crippen molar-refractivity contribution in [1.29, 1.82) is 0 Å². The SMILES string of the molecule is c1cnc(N2CCOC[C@]3(CCCNC3)C2)cn1. The first-order valence-electron chi connectivity index (χ1n) is 6.67. The van der Waals surface area contributed by atoms with Crippen molar-refractivity contribution in [3.8, 4) is 0 Å². The maximum absolute atomic E-state index is 5.81. The molecule has 0 aromatic carbocycles. The summed E-state index contributed by atoms with van der Waals surface area (Å²) in [6.07, 6.45) is 7.78. The molecule has 0 saturated carbocycles. The van der Waals surface area contributed by atoms with Gasteiger partial charge in [-0.2, -0.15) is 0 Å². The summed E-state index contributed by atoms with van der Waals surface area (Å²) in [4.78, 5) is 10.9. The number of aromatic nitrogens is 2. The smallest absolute Gasteiger partial charge is 0.147 e. The highest BCUT2D eigenvalue weighted by atomic mass is 16.5. The summed E-state index contributed by atoms with van der Waals surface area (Å²) in [5.41, 5.74) is 0.242. The van der Waals surface area contributed by atoms with Gasteiger partial charge in [0.2, 0.25) is 0 Å². The third kappa shape index (κ3) is 2.47. The second kappa shape index (κ2) is 5.20. The summed E-state index contributed by atoms with van der Waals surface area (Å²) in [6, 6.07) is 0. The van der Waals surface area contributed by atoms with Crippen molar-refractivity contribution in [2.24, 2.45) is 5.41 Å². The van der Waals surface area contributed by atoms with Gasteiger partial charge in [-0.15, -0.1) is 0 Å². The molecule has 3 heterocycles. The second-order valence-electron chi connectivity index (χ2n) is 5.32.